The van der Waals surface area contributed by atoms with Crippen molar-refractivity contribution in [2.75, 3.05) is 13.1 Å². The molecular weight excluding hydrogens is 494 g/mol. The van der Waals surface area contributed by atoms with Crippen LogP contribution >= 0.6 is 12.2 Å². The van der Waals surface area contributed by atoms with Gasteiger partial charge in [0.05, 0.1) is 6.04 Å². The number of amides is 4. The second kappa shape index (κ2) is 10.7. The number of fused-ring (bicyclic) bond motifs is 1. The summed E-state index contributed by atoms with van der Waals surface area (Å²) in [5.41, 5.74) is 5.05. The molecule has 3 rings (SSSR count). The zero-order valence-corrected chi connectivity index (χ0v) is 23.5. The lowest BCUT2D eigenvalue weighted by Crippen LogP contribution is -2.57. The first-order valence-corrected chi connectivity index (χ1v) is 13.5. The van der Waals surface area contributed by atoms with Crippen LogP contribution in [0.25, 0.3) is 0 Å². The van der Waals surface area contributed by atoms with E-state index in [9.17, 15) is 24.0 Å². The van der Waals surface area contributed by atoms with E-state index in [-0.39, 0.29) is 65.3 Å². The van der Waals surface area contributed by atoms with Crippen LogP contribution in [0.3, 0.4) is 0 Å². The Labute approximate surface area is 224 Å². The van der Waals surface area contributed by atoms with Crippen LogP contribution in [0, 0.1) is 28.6 Å². The second-order valence-electron chi connectivity index (χ2n) is 12.3. The number of nitrogens with two attached hydrogens (primary N) is 1. The van der Waals surface area contributed by atoms with Crippen LogP contribution in [0.5, 0.6) is 0 Å². The van der Waals surface area contributed by atoms with E-state index in [0.717, 1.165) is 0 Å². The number of ketones is 1. The average molecular weight is 536 g/mol. The minimum atomic E-state index is -1.00. The summed E-state index contributed by atoms with van der Waals surface area (Å²) in [5, 5.41) is 8.36. The molecule has 1 saturated carbocycles. The van der Waals surface area contributed by atoms with Gasteiger partial charge in [-0.15, -0.1) is 0 Å². The lowest BCUT2D eigenvalue weighted by atomic mass is 9.85. The molecular formula is C26H41N5O5S. The number of hydrogen-bond acceptors (Lipinski definition) is 6. The molecule has 0 unspecified atom stereocenters. The molecule has 3 aliphatic rings. The van der Waals surface area contributed by atoms with Crippen LogP contribution in [0.1, 0.15) is 67.2 Å². The Bertz CT molecular complexity index is 990. The molecule has 0 aromatic carbocycles. The van der Waals surface area contributed by atoms with E-state index < -0.39 is 35.1 Å². The minimum absolute atomic E-state index is 0.00685. The number of hydrogen-bond donors (Lipinski definition) is 4. The summed E-state index contributed by atoms with van der Waals surface area (Å²) in [4.78, 5) is 65.4. The maximum Gasteiger partial charge on any atom is 0.245 e. The SMILES string of the molecule is CCC(=O)N[C@H](C(=O)N1C[C@H]2[C@@H]([C@H]1CC(=O)N[C@@H](C[C@@H]1CCNC1=O)C(=O)C(N)=S)C2(C)C)C(C)(C)C. The Hall–Kier alpha value is -2.56. The molecule has 5 N–H and O–H groups in total. The van der Waals surface area contributed by atoms with Crippen molar-refractivity contribution in [2.45, 2.75) is 85.4 Å². The quantitative estimate of drug-likeness (QED) is 0.300. The van der Waals surface area contributed by atoms with Gasteiger partial charge in [-0.2, -0.15) is 0 Å². The van der Waals surface area contributed by atoms with Gasteiger partial charge in [0.2, 0.25) is 29.4 Å². The number of carbonyl (C=O) groups excluding carboxylic acids is 5. The van der Waals surface area contributed by atoms with Crippen LogP contribution in [0.15, 0.2) is 0 Å². The average Bonchev–Trinajstić information content (AvgIpc) is 3.11. The van der Waals surface area contributed by atoms with Gasteiger partial charge in [0.15, 0.2) is 0 Å². The van der Waals surface area contributed by atoms with E-state index in [1.54, 1.807) is 11.8 Å². The Kier molecular flexibility index (Phi) is 8.36. The number of rotatable bonds is 10. The number of Topliss-reactive ketones (excluding diaryl/α,β-unsaturated/α-hetero) is 1. The van der Waals surface area contributed by atoms with E-state index in [1.165, 1.54) is 0 Å². The van der Waals surface area contributed by atoms with E-state index in [2.05, 4.69) is 29.8 Å². The molecule has 0 aromatic heterocycles. The van der Waals surface area contributed by atoms with Gasteiger partial charge in [0, 0.05) is 37.9 Å². The molecule has 0 aromatic rings. The number of carbonyl (C=O) groups is 5. The standard InChI is InChI=1S/C26H41N5O5S/c1-7-17(32)30-21(25(2,3)4)24(36)31-12-14-19(26(14,5)6)16(31)11-18(33)29-15(20(34)22(27)37)10-13-8-9-28-23(13)35/h13-16,19,21H,7-12H2,1-6H3,(H2,27,37)(H,28,35)(H,29,33)(H,30,32)/t13-,14-,15-,16+,19-,21+/m0/s1. The third-order valence-electron chi connectivity index (χ3n) is 8.34. The molecule has 0 radical (unpaired) electrons. The van der Waals surface area contributed by atoms with E-state index in [0.29, 0.717) is 19.5 Å². The van der Waals surface area contributed by atoms with Gasteiger partial charge >= 0.3 is 0 Å². The van der Waals surface area contributed by atoms with Crippen LogP contribution < -0.4 is 21.7 Å². The fourth-order valence-corrected chi connectivity index (χ4v) is 6.15. The molecule has 206 valence electrons. The van der Waals surface area contributed by atoms with E-state index in [1.807, 2.05) is 20.8 Å². The fourth-order valence-electron chi connectivity index (χ4n) is 6.01. The molecule has 37 heavy (non-hydrogen) atoms. The smallest absolute Gasteiger partial charge is 0.245 e. The lowest BCUT2D eigenvalue weighted by molar-refractivity contribution is -0.142. The molecule has 0 spiro atoms. The number of nitrogens with zero attached hydrogens (tertiary/aromatic N) is 1. The number of piperidine rings is 1. The zero-order chi connectivity index (χ0) is 27.9. The van der Waals surface area contributed by atoms with Crippen LogP contribution in [0.4, 0.5) is 0 Å². The van der Waals surface area contributed by atoms with Gasteiger partial charge in [-0.1, -0.05) is 53.8 Å². The molecule has 11 heteroatoms. The second-order valence-corrected chi connectivity index (χ2v) is 12.7. The van der Waals surface area contributed by atoms with Crippen molar-refractivity contribution in [3.05, 3.63) is 0 Å². The minimum Gasteiger partial charge on any atom is -0.387 e. The third kappa shape index (κ3) is 6.13. The van der Waals surface area contributed by atoms with Crippen molar-refractivity contribution < 1.29 is 24.0 Å². The van der Waals surface area contributed by atoms with Gasteiger partial charge in [-0.05, 0) is 35.5 Å². The molecule has 2 heterocycles. The van der Waals surface area contributed by atoms with E-state index in [4.69, 9.17) is 18.0 Å². The van der Waals surface area contributed by atoms with Crippen molar-refractivity contribution in [3.63, 3.8) is 0 Å². The third-order valence-corrected chi connectivity index (χ3v) is 8.54. The molecule has 3 fully saturated rings. The Morgan fingerprint density at radius 2 is 1.84 bits per heavy atom. The van der Waals surface area contributed by atoms with Gasteiger partial charge in [-0.25, -0.2) is 0 Å². The fraction of sp³-hybridized carbons (Fsp3) is 0.769. The molecule has 10 nitrogen and oxygen atoms in total. The summed E-state index contributed by atoms with van der Waals surface area (Å²) in [6.45, 7) is 12.7. The highest BCUT2D eigenvalue weighted by atomic mass is 32.1. The topological polar surface area (TPSA) is 151 Å². The normalized spacial score (nSPS) is 27.5. The Morgan fingerprint density at radius 1 is 1.19 bits per heavy atom. The monoisotopic (exact) mass is 535 g/mol. The van der Waals surface area contributed by atoms with Crippen molar-refractivity contribution in [1.82, 2.24) is 20.9 Å². The zero-order valence-electron chi connectivity index (χ0n) is 22.7. The molecule has 0 bridgehead atoms. The maximum absolute atomic E-state index is 13.7. The first kappa shape index (κ1) is 29.0. The molecule has 4 amide bonds. The van der Waals surface area contributed by atoms with Crippen LogP contribution in [0.2, 0.25) is 0 Å². The van der Waals surface area contributed by atoms with Crippen LogP contribution in [-0.4, -0.2) is 70.5 Å². The summed E-state index contributed by atoms with van der Waals surface area (Å²) < 4.78 is 0. The number of likely N-dealkylation sites (tertiary alicyclic amines) is 1. The molecule has 6 atom stereocenters. The summed E-state index contributed by atoms with van der Waals surface area (Å²) in [6.07, 6.45) is 0.957. The predicted molar refractivity (Wildman–Crippen MR) is 142 cm³/mol. The predicted octanol–water partition coefficient (Wildman–Crippen LogP) is 0.667. The van der Waals surface area contributed by atoms with Gasteiger partial charge < -0.3 is 26.6 Å². The van der Waals surface area contributed by atoms with Gasteiger partial charge in [0.25, 0.3) is 0 Å². The van der Waals surface area contributed by atoms with Crippen molar-refractivity contribution >= 4 is 46.6 Å². The summed E-state index contributed by atoms with van der Waals surface area (Å²) in [5.74, 6) is -1.56. The highest BCUT2D eigenvalue weighted by Gasteiger charge is 2.68. The van der Waals surface area contributed by atoms with Crippen molar-refractivity contribution in [3.8, 4) is 0 Å². The highest BCUT2D eigenvalue weighted by molar-refractivity contribution is 7.82. The van der Waals surface area contributed by atoms with E-state index >= 15 is 0 Å². The Morgan fingerprint density at radius 3 is 2.35 bits per heavy atom. The first-order chi connectivity index (χ1) is 17.1. The van der Waals surface area contributed by atoms with Crippen molar-refractivity contribution in [2.24, 2.45) is 34.3 Å². The molecule has 1 aliphatic carbocycles. The lowest BCUT2D eigenvalue weighted by Gasteiger charge is -2.38. The number of thiocarbonyl (C=S) groups is 1. The number of nitrogens with one attached hydrogen (secondary N) is 3. The molecule has 2 saturated heterocycles. The maximum atomic E-state index is 13.7. The molecule has 2 aliphatic heterocycles. The van der Waals surface area contributed by atoms with Gasteiger partial charge in [-0.3, -0.25) is 24.0 Å². The highest BCUT2D eigenvalue weighted by Crippen LogP contribution is 2.65. The first-order valence-electron chi connectivity index (χ1n) is 13.1. The summed E-state index contributed by atoms with van der Waals surface area (Å²) >= 11 is 4.87. The van der Waals surface area contributed by atoms with Crippen LogP contribution in [-0.2, 0) is 24.0 Å². The summed E-state index contributed by atoms with van der Waals surface area (Å²) in [7, 11) is 0. The summed E-state index contributed by atoms with van der Waals surface area (Å²) in [6, 6.07) is -2.10. The largest absolute Gasteiger partial charge is 0.387 e. The van der Waals surface area contributed by atoms with Gasteiger partial charge in [0.1, 0.15) is 11.0 Å². The van der Waals surface area contributed by atoms with Crippen molar-refractivity contribution in [1.29, 1.82) is 0 Å². The Balaban J connectivity index is 1.78.